The first kappa shape index (κ1) is 26.1. The lowest BCUT2D eigenvalue weighted by atomic mass is 10.1. The summed E-state index contributed by atoms with van der Waals surface area (Å²) in [4.78, 5) is 21.1. The van der Waals surface area contributed by atoms with E-state index in [1.165, 1.54) is 0 Å². The molecule has 0 aliphatic rings. The average molecular weight is 463 g/mol. The lowest BCUT2D eigenvalue weighted by Gasteiger charge is -2.26. The van der Waals surface area contributed by atoms with Gasteiger partial charge in [-0.3, -0.25) is 4.79 Å². The fraction of sp³-hybridized carbons (Fsp3) is 0.583. The molecule has 0 spiro atoms. The summed E-state index contributed by atoms with van der Waals surface area (Å²) in [6.07, 6.45) is 2.08. The zero-order chi connectivity index (χ0) is 23.9. The van der Waals surface area contributed by atoms with Gasteiger partial charge in [-0.05, 0) is 31.5 Å². The molecule has 1 aromatic carbocycles. The molecular weight excluding hydrogens is 424 g/mol. The highest BCUT2D eigenvalue weighted by atomic mass is 32.2. The van der Waals surface area contributed by atoms with Gasteiger partial charge in [0.2, 0.25) is 20.9 Å². The van der Waals surface area contributed by atoms with Crippen molar-refractivity contribution in [3.63, 3.8) is 0 Å². The van der Waals surface area contributed by atoms with Crippen molar-refractivity contribution in [2.24, 2.45) is 11.8 Å². The minimum atomic E-state index is -3.63. The molecule has 2 rings (SSSR count). The van der Waals surface area contributed by atoms with Crippen LogP contribution >= 0.6 is 0 Å². The molecule has 178 valence electrons. The number of rotatable bonds is 12. The molecular formula is C24H38N4O3S. The summed E-state index contributed by atoms with van der Waals surface area (Å²) in [6.45, 7) is 10.3. The Morgan fingerprint density at radius 2 is 1.69 bits per heavy atom. The van der Waals surface area contributed by atoms with Crippen LogP contribution in [0.1, 0.15) is 45.4 Å². The van der Waals surface area contributed by atoms with Gasteiger partial charge < -0.3 is 14.4 Å². The Labute approximate surface area is 193 Å². The molecule has 0 unspecified atom stereocenters. The lowest BCUT2D eigenvalue weighted by molar-refractivity contribution is -0.132. The molecule has 1 heterocycles. The number of likely N-dealkylation sites (N-methyl/N-ethyl adjacent to an activating group) is 1. The molecule has 0 bridgehead atoms. The second-order valence-electron chi connectivity index (χ2n) is 9.50. The van der Waals surface area contributed by atoms with Gasteiger partial charge >= 0.3 is 0 Å². The van der Waals surface area contributed by atoms with Crippen molar-refractivity contribution >= 4 is 15.7 Å². The first-order valence-electron chi connectivity index (χ1n) is 11.2. The standard InChI is InChI=1S/C24H38N4O3S/c1-19(2)14-23(29)27(13-12-26(5)6)17-22-15-25-24(28(22)16-20(3)4)32(30,31)18-21-10-8-7-9-11-21/h7-11,15,19-20H,12-14,16-18H2,1-6H3. The van der Waals surface area contributed by atoms with Crippen LogP contribution in [0, 0.1) is 11.8 Å². The Balaban J connectivity index is 2.37. The SMILES string of the molecule is CC(C)CC(=O)N(CCN(C)C)Cc1cnc(S(=O)(=O)Cc2ccccc2)n1CC(C)C. The van der Waals surface area contributed by atoms with Crippen molar-refractivity contribution < 1.29 is 13.2 Å². The normalized spacial score (nSPS) is 12.2. The summed E-state index contributed by atoms with van der Waals surface area (Å²) in [5, 5.41) is 0.0777. The van der Waals surface area contributed by atoms with E-state index in [-0.39, 0.29) is 28.7 Å². The average Bonchev–Trinajstić information content (AvgIpc) is 3.07. The number of amides is 1. The number of hydrogen-bond donors (Lipinski definition) is 0. The number of benzene rings is 1. The number of carbonyl (C=O) groups is 1. The van der Waals surface area contributed by atoms with Crippen molar-refractivity contribution in [2.75, 3.05) is 27.2 Å². The van der Waals surface area contributed by atoms with Gasteiger partial charge in [0.25, 0.3) is 0 Å². The molecule has 0 aliphatic carbocycles. The molecule has 0 aliphatic heterocycles. The third-order valence-electron chi connectivity index (χ3n) is 5.03. The zero-order valence-corrected chi connectivity index (χ0v) is 21.1. The van der Waals surface area contributed by atoms with Gasteiger partial charge in [0.1, 0.15) is 0 Å². The van der Waals surface area contributed by atoms with Crippen molar-refractivity contribution in [2.45, 2.75) is 58.1 Å². The van der Waals surface area contributed by atoms with E-state index in [0.717, 1.165) is 17.8 Å². The molecule has 2 aromatic rings. The first-order valence-corrected chi connectivity index (χ1v) is 12.9. The third-order valence-corrected chi connectivity index (χ3v) is 6.63. The molecule has 0 radical (unpaired) electrons. The Hall–Kier alpha value is -2.19. The number of carbonyl (C=O) groups excluding carboxylic acids is 1. The summed E-state index contributed by atoms with van der Waals surface area (Å²) >= 11 is 0. The van der Waals surface area contributed by atoms with E-state index in [1.807, 2.05) is 81.9 Å². The molecule has 7 nitrogen and oxygen atoms in total. The summed E-state index contributed by atoms with van der Waals surface area (Å²) < 4.78 is 28.2. The molecule has 1 amide bonds. The maximum Gasteiger partial charge on any atom is 0.228 e. The van der Waals surface area contributed by atoms with Gasteiger partial charge in [0, 0.05) is 26.1 Å². The maximum absolute atomic E-state index is 13.2. The topological polar surface area (TPSA) is 75.5 Å². The fourth-order valence-corrected chi connectivity index (χ4v) is 4.97. The van der Waals surface area contributed by atoms with Crippen molar-refractivity contribution in [1.82, 2.24) is 19.4 Å². The van der Waals surface area contributed by atoms with E-state index in [4.69, 9.17) is 0 Å². The van der Waals surface area contributed by atoms with Gasteiger partial charge in [-0.2, -0.15) is 0 Å². The number of imidazole rings is 1. The number of hydrogen-bond acceptors (Lipinski definition) is 5. The van der Waals surface area contributed by atoms with Gasteiger partial charge in [0.05, 0.1) is 24.2 Å². The van der Waals surface area contributed by atoms with Crippen LogP contribution in [0.5, 0.6) is 0 Å². The van der Waals surface area contributed by atoms with Gasteiger partial charge in [-0.15, -0.1) is 0 Å². The Morgan fingerprint density at radius 3 is 2.25 bits per heavy atom. The summed E-state index contributed by atoms with van der Waals surface area (Å²) in [5.41, 5.74) is 1.48. The predicted molar refractivity (Wildman–Crippen MR) is 128 cm³/mol. The smallest absolute Gasteiger partial charge is 0.228 e. The fourth-order valence-electron chi connectivity index (χ4n) is 3.47. The molecule has 0 saturated carbocycles. The van der Waals surface area contributed by atoms with Crippen molar-refractivity contribution in [3.05, 3.63) is 47.8 Å². The Bertz CT molecular complexity index is 966. The van der Waals surface area contributed by atoms with Crippen LogP contribution in [0.15, 0.2) is 41.7 Å². The maximum atomic E-state index is 13.2. The van der Waals surface area contributed by atoms with E-state index in [0.29, 0.717) is 26.1 Å². The molecule has 8 heteroatoms. The summed E-state index contributed by atoms with van der Waals surface area (Å²) in [5.74, 6) is 0.466. The van der Waals surface area contributed by atoms with Gasteiger partial charge in [0.15, 0.2) is 0 Å². The van der Waals surface area contributed by atoms with Crippen LogP contribution in [0.3, 0.4) is 0 Å². The second-order valence-corrected chi connectivity index (χ2v) is 11.4. The number of nitrogens with zero attached hydrogens (tertiary/aromatic N) is 4. The van der Waals surface area contributed by atoms with E-state index >= 15 is 0 Å². The highest BCUT2D eigenvalue weighted by Gasteiger charge is 2.26. The first-order chi connectivity index (χ1) is 15.0. The second kappa shape index (κ2) is 11.6. The van der Waals surface area contributed by atoms with Crippen LogP contribution in [0.2, 0.25) is 0 Å². The van der Waals surface area contributed by atoms with E-state index < -0.39 is 9.84 Å². The van der Waals surface area contributed by atoms with Crippen molar-refractivity contribution in [3.8, 4) is 0 Å². The predicted octanol–water partition coefficient (Wildman–Crippen LogP) is 3.45. The van der Waals surface area contributed by atoms with E-state index in [2.05, 4.69) is 4.98 Å². The molecule has 0 saturated heterocycles. The van der Waals surface area contributed by atoms with Crippen LogP contribution < -0.4 is 0 Å². The molecule has 32 heavy (non-hydrogen) atoms. The Morgan fingerprint density at radius 1 is 1.03 bits per heavy atom. The molecule has 0 N–H and O–H groups in total. The highest BCUT2D eigenvalue weighted by molar-refractivity contribution is 7.90. The van der Waals surface area contributed by atoms with E-state index in [1.54, 1.807) is 10.8 Å². The number of aromatic nitrogens is 2. The molecule has 0 atom stereocenters. The van der Waals surface area contributed by atoms with Crippen LogP contribution in [-0.2, 0) is 33.5 Å². The third kappa shape index (κ3) is 7.74. The van der Waals surface area contributed by atoms with Crippen LogP contribution in [-0.4, -0.2) is 60.9 Å². The minimum Gasteiger partial charge on any atom is -0.336 e. The highest BCUT2D eigenvalue weighted by Crippen LogP contribution is 2.21. The van der Waals surface area contributed by atoms with E-state index in [9.17, 15) is 13.2 Å². The van der Waals surface area contributed by atoms with Gasteiger partial charge in [-0.25, -0.2) is 13.4 Å². The molecule has 1 aromatic heterocycles. The monoisotopic (exact) mass is 462 g/mol. The van der Waals surface area contributed by atoms with Crippen molar-refractivity contribution in [1.29, 1.82) is 0 Å². The Kier molecular flexibility index (Phi) is 9.46. The lowest BCUT2D eigenvalue weighted by Crippen LogP contribution is -2.37. The quantitative estimate of drug-likeness (QED) is 0.483. The number of sulfone groups is 1. The summed E-state index contributed by atoms with van der Waals surface area (Å²) in [6, 6.07) is 9.15. The van der Waals surface area contributed by atoms with Crippen LogP contribution in [0.25, 0.3) is 0 Å². The largest absolute Gasteiger partial charge is 0.336 e. The summed E-state index contributed by atoms with van der Waals surface area (Å²) in [7, 11) is 0.320. The minimum absolute atomic E-state index is 0.0767. The zero-order valence-electron chi connectivity index (χ0n) is 20.3. The molecule has 0 fully saturated rings. The van der Waals surface area contributed by atoms with Gasteiger partial charge in [-0.1, -0.05) is 58.0 Å². The van der Waals surface area contributed by atoms with Crippen LogP contribution in [0.4, 0.5) is 0 Å².